The molecule has 83 heavy (non-hydrogen) atoms. The molecule has 0 aliphatic carbocycles. The smallest absolute Gasteiger partial charge is 0.306 e. The fourth-order valence-corrected chi connectivity index (χ4v) is 9.23. The van der Waals surface area contributed by atoms with Crippen molar-refractivity contribution >= 4 is 17.9 Å². The quantitative estimate of drug-likeness (QED) is 0.0261. The summed E-state index contributed by atoms with van der Waals surface area (Å²) in [5, 5.41) is 0. The summed E-state index contributed by atoms with van der Waals surface area (Å²) in [5.74, 6) is -0.919. The van der Waals surface area contributed by atoms with Gasteiger partial charge in [-0.15, -0.1) is 0 Å². The van der Waals surface area contributed by atoms with Gasteiger partial charge in [0.05, 0.1) is 0 Å². The zero-order chi connectivity index (χ0) is 59.9. The number of ether oxygens (including phenoxy) is 3. The third kappa shape index (κ3) is 68.0. The Morgan fingerprint density at radius 3 is 0.735 bits per heavy atom. The Morgan fingerprint density at radius 2 is 0.470 bits per heavy atom. The number of carbonyl (C=O) groups excluding carboxylic acids is 3. The van der Waals surface area contributed by atoms with Crippen LogP contribution in [0.4, 0.5) is 0 Å². The molecule has 0 aliphatic heterocycles. The molecule has 0 N–H and O–H groups in total. The molecule has 6 nitrogen and oxygen atoms in total. The number of rotatable bonds is 61. The highest BCUT2D eigenvalue weighted by Crippen LogP contribution is 2.16. The predicted molar refractivity (Wildman–Crippen MR) is 362 cm³/mol. The maximum atomic E-state index is 13.0. The first kappa shape index (κ1) is 78.3. The van der Waals surface area contributed by atoms with Gasteiger partial charge in [0.15, 0.2) is 6.10 Å². The van der Waals surface area contributed by atoms with Crippen LogP contribution in [-0.2, 0) is 28.6 Å². The molecule has 0 amide bonds. The summed E-state index contributed by atoms with van der Waals surface area (Å²) in [7, 11) is 0. The molecule has 0 aromatic rings. The normalized spacial score (nSPS) is 13.0. The van der Waals surface area contributed by atoms with Gasteiger partial charge in [0.2, 0.25) is 0 Å². The van der Waals surface area contributed by atoms with Gasteiger partial charge in [0, 0.05) is 19.3 Å². The summed E-state index contributed by atoms with van der Waals surface area (Å²) in [6.07, 6.45) is 99.9. The fraction of sp³-hybridized carbons (Fsp3) is 0.649. The molecule has 1 atom stereocenters. The molecule has 0 saturated heterocycles. The molecule has 0 aromatic carbocycles. The van der Waals surface area contributed by atoms with E-state index >= 15 is 0 Å². The van der Waals surface area contributed by atoms with Crippen molar-refractivity contribution in [1.29, 1.82) is 0 Å². The van der Waals surface area contributed by atoms with E-state index in [-0.39, 0.29) is 31.1 Å². The molecule has 0 spiro atoms. The van der Waals surface area contributed by atoms with Crippen molar-refractivity contribution in [2.24, 2.45) is 0 Å². The lowest BCUT2D eigenvalue weighted by atomic mass is 10.0. The van der Waals surface area contributed by atoms with Crippen molar-refractivity contribution in [3.05, 3.63) is 146 Å². The van der Waals surface area contributed by atoms with E-state index in [0.29, 0.717) is 19.3 Å². The van der Waals surface area contributed by atoms with Gasteiger partial charge in [-0.3, -0.25) is 14.4 Å². The topological polar surface area (TPSA) is 78.9 Å². The number of esters is 3. The van der Waals surface area contributed by atoms with Crippen LogP contribution in [0.5, 0.6) is 0 Å². The van der Waals surface area contributed by atoms with Crippen molar-refractivity contribution in [2.75, 3.05) is 13.2 Å². The Kier molecular flexibility index (Phi) is 65.8. The molecule has 1 unspecified atom stereocenters. The van der Waals surface area contributed by atoms with E-state index in [0.717, 1.165) is 154 Å². The Morgan fingerprint density at radius 1 is 0.253 bits per heavy atom. The van der Waals surface area contributed by atoms with E-state index in [2.05, 4.69) is 167 Å². The van der Waals surface area contributed by atoms with Gasteiger partial charge in [0.25, 0.3) is 0 Å². The Labute approximate surface area is 512 Å². The molecular weight excluding hydrogens is 1020 g/mol. The minimum Gasteiger partial charge on any atom is -0.462 e. The summed E-state index contributed by atoms with van der Waals surface area (Å²) in [6, 6.07) is 0. The summed E-state index contributed by atoms with van der Waals surface area (Å²) >= 11 is 0. The third-order valence-electron chi connectivity index (χ3n) is 14.3. The van der Waals surface area contributed by atoms with E-state index in [1.165, 1.54) is 109 Å². The van der Waals surface area contributed by atoms with E-state index in [1.807, 2.05) is 0 Å². The summed E-state index contributed by atoms with van der Waals surface area (Å²) < 4.78 is 17.0. The van der Waals surface area contributed by atoms with Crippen LogP contribution in [0.15, 0.2) is 146 Å². The van der Waals surface area contributed by atoms with Crippen LogP contribution in [0.2, 0.25) is 0 Å². The maximum Gasteiger partial charge on any atom is 0.306 e. The average molecular weight is 1150 g/mol. The van der Waals surface area contributed by atoms with Crippen LogP contribution in [-0.4, -0.2) is 37.2 Å². The van der Waals surface area contributed by atoms with Crippen molar-refractivity contribution in [1.82, 2.24) is 0 Å². The highest BCUT2D eigenvalue weighted by Gasteiger charge is 2.19. The van der Waals surface area contributed by atoms with Gasteiger partial charge >= 0.3 is 17.9 Å². The van der Waals surface area contributed by atoms with Crippen LogP contribution >= 0.6 is 0 Å². The lowest BCUT2D eigenvalue weighted by molar-refractivity contribution is -0.167. The van der Waals surface area contributed by atoms with Gasteiger partial charge in [-0.1, -0.05) is 289 Å². The number of unbranched alkanes of at least 4 members (excludes halogenated alkanes) is 26. The van der Waals surface area contributed by atoms with E-state index in [1.54, 1.807) is 0 Å². The molecule has 0 fully saturated rings. The second kappa shape index (κ2) is 69.8. The Hall–Kier alpha value is -4.71. The fourth-order valence-electron chi connectivity index (χ4n) is 9.23. The first-order chi connectivity index (χ1) is 41.0. The van der Waals surface area contributed by atoms with E-state index in [9.17, 15) is 14.4 Å². The monoisotopic (exact) mass is 1150 g/mol. The maximum absolute atomic E-state index is 13.0. The molecule has 0 aromatic heterocycles. The van der Waals surface area contributed by atoms with E-state index < -0.39 is 6.10 Å². The number of hydrogen-bond acceptors (Lipinski definition) is 6. The van der Waals surface area contributed by atoms with Crippen LogP contribution in [0.25, 0.3) is 0 Å². The van der Waals surface area contributed by atoms with Crippen molar-refractivity contribution in [2.45, 2.75) is 309 Å². The molecule has 470 valence electrons. The second-order valence-electron chi connectivity index (χ2n) is 22.3. The second-order valence-corrected chi connectivity index (χ2v) is 22.3. The Balaban J connectivity index is 4.42. The highest BCUT2D eigenvalue weighted by molar-refractivity contribution is 5.71. The summed E-state index contributed by atoms with van der Waals surface area (Å²) in [4.78, 5) is 38.5. The standard InChI is InChI=1S/C77H126O6/c1-4-7-10-13-16-19-22-25-28-31-34-35-36-37-38-39-40-41-44-46-49-52-55-58-61-64-67-70-76(79)82-73-74(83-77(80)71-68-65-62-59-56-53-50-47-43-33-30-27-24-21-18-15-12-9-6-3)72-81-75(78)69-66-63-60-57-54-51-48-45-42-32-29-26-23-20-17-14-11-8-5-2/h7,9-10,12,16-21,25-30,34-35,37-38,42-43,45,47,74H,4-6,8,11,13-15,22-24,31-33,36,39-41,44,46,48-73H2,1-3H3/b10-7-,12-9-,19-16-,20-17-,21-18-,28-25-,29-26-,30-27-,35-34-,38-37-,45-42-,47-43-. The van der Waals surface area contributed by atoms with Crippen LogP contribution < -0.4 is 0 Å². The van der Waals surface area contributed by atoms with Crippen LogP contribution in [0, 0.1) is 0 Å². The van der Waals surface area contributed by atoms with Gasteiger partial charge < -0.3 is 14.2 Å². The third-order valence-corrected chi connectivity index (χ3v) is 14.3. The summed E-state index contributed by atoms with van der Waals surface area (Å²) in [5.41, 5.74) is 0. The lowest BCUT2D eigenvalue weighted by Gasteiger charge is -2.18. The van der Waals surface area contributed by atoms with Crippen LogP contribution in [0.1, 0.15) is 303 Å². The molecule has 0 aliphatic rings. The first-order valence-electron chi connectivity index (χ1n) is 34.3. The molecular formula is C77H126O6. The molecule has 0 rings (SSSR count). The van der Waals surface area contributed by atoms with Gasteiger partial charge in [-0.25, -0.2) is 0 Å². The van der Waals surface area contributed by atoms with Gasteiger partial charge in [-0.2, -0.15) is 0 Å². The summed E-state index contributed by atoms with van der Waals surface area (Å²) in [6.45, 7) is 6.38. The minimum atomic E-state index is -0.801. The molecule has 6 heteroatoms. The van der Waals surface area contributed by atoms with Crippen LogP contribution in [0.3, 0.4) is 0 Å². The zero-order valence-electron chi connectivity index (χ0n) is 53.9. The lowest BCUT2D eigenvalue weighted by Crippen LogP contribution is -2.30. The zero-order valence-corrected chi connectivity index (χ0v) is 53.9. The van der Waals surface area contributed by atoms with Gasteiger partial charge in [0.1, 0.15) is 13.2 Å². The highest BCUT2D eigenvalue weighted by atomic mass is 16.6. The van der Waals surface area contributed by atoms with Crippen molar-refractivity contribution in [3.8, 4) is 0 Å². The number of carbonyl (C=O) groups is 3. The predicted octanol–water partition coefficient (Wildman–Crippen LogP) is 23.9. The number of allylic oxidation sites excluding steroid dienone is 24. The molecule has 0 radical (unpaired) electrons. The minimum absolute atomic E-state index is 0.0940. The average Bonchev–Trinajstić information content (AvgIpc) is 3.50. The first-order valence-corrected chi connectivity index (χ1v) is 34.3. The number of hydrogen-bond donors (Lipinski definition) is 0. The molecule has 0 bridgehead atoms. The van der Waals surface area contributed by atoms with Crippen molar-refractivity contribution in [3.63, 3.8) is 0 Å². The van der Waals surface area contributed by atoms with Crippen molar-refractivity contribution < 1.29 is 28.6 Å². The molecule has 0 heterocycles. The SMILES string of the molecule is CC/C=C\C/C=C\C/C=C\C/C=C\C/C=C\CCCCCCCCCCCCCC(=O)OCC(COC(=O)CCCCCCCC/C=C\C/C=C\C/C=C\CCCCC)OC(=O)CCCCCCCC/C=C\C/C=C\C/C=C\C/C=C\CC. The Bertz CT molecular complexity index is 1800. The molecule has 0 saturated carbocycles. The van der Waals surface area contributed by atoms with E-state index in [4.69, 9.17) is 14.2 Å². The largest absolute Gasteiger partial charge is 0.462 e. The van der Waals surface area contributed by atoms with Gasteiger partial charge in [-0.05, 0) is 141 Å².